The summed E-state index contributed by atoms with van der Waals surface area (Å²) in [7, 11) is 0. The maximum Gasteiger partial charge on any atom is 0.137 e. The van der Waals surface area contributed by atoms with Gasteiger partial charge in [0.1, 0.15) is 11.5 Å². The zero-order valence-electron chi connectivity index (χ0n) is 52.4. The Balaban J connectivity index is 1.83. The van der Waals surface area contributed by atoms with E-state index in [0.717, 1.165) is 68.9 Å². The third-order valence-electron chi connectivity index (χ3n) is 17.8. The SMILES string of the molecule is C=C=C(CCCCCCCN(CCn1ccc(CC)c1C)CC(CCCCCC(=C=C)OCC(CCCCCCCC)CCCCCCCCCC)C1CC1)OCC(CCCCCCCC)CCCCCCCCCC. The maximum absolute atomic E-state index is 6.55. The molecule has 0 aromatic carbocycles. The van der Waals surface area contributed by atoms with Crippen molar-refractivity contribution in [2.75, 3.05) is 32.8 Å². The highest BCUT2D eigenvalue weighted by Gasteiger charge is 2.32. The minimum absolute atomic E-state index is 0.677. The highest BCUT2D eigenvalue weighted by molar-refractivity contribution is 5.20. The molecule has 1 aromatic heterocycles. The fraction of sp³-hybridized carbons (Fsp3) is 0.861. The molecule has 0 aliphatic heterocycles. The van der Waals surface area contributed by atoms with Crippen LogP contribution >= 0.6 is 0 Å². The van der Waals surface area contributed by atoms with E-state index in [4.69, 9.17) is 9.47 Å². The molecular formula is C72H132N2O2. The number of unbranched alkanes of at least 4 members (excludes halogenated alkanes) is 30. The smallest absolute Gasteiger partial charge is 0.137 e. The van der Waals surface area contributed by atoms with E-state index in [-0.39, 0.29) is 0 Å². The zero-order chi connectivity index (χ0) is 54.8. The summed E-state index contributed by atoms with van der Waals surface area (Å²) in [6.07, 6.45) is 64.0. The molecule has 1 aliphatic rings. The molecule has 4 nitrogen and oxygen atoms in total. The van der Waals surface area contributed by atoms with E-state index in [9.17, 15) is 0 Å². The highest BCUT2D eigenvalue weighted by atomic mass is 16.5. The summed E-state index contributed by atoms with van der Waals surface area (Å²) in [5, 5.41) is 0. The second kappa shape index (κ2) is 51.1. The Bertz CT molecular complexity index is 1530. The third-order valence-corrected chi connectivity index (χ3v) is 17.8. The predicted molar refractivity (Wildman–Crippen MR) is 337 cm³/mol. The van der Waals surface area contributed by atoms with E-state index in [2.05, 4.69) is 87.9 Å². The second-order valence-corrected chi connectivity index (χ2v) is 24.7. The van der Waals surface area contributed by atoms with Crippen molar-refractivity contribution in [3.8, 4) is 0 Å². The van der Waals surface area contributed by atoms with Crippen LogP contribution in [0.4, 0.5) is 0 Å². The van der Waals surface area contributed by atoms with Crippen molar-refractivity contribution in [1.82, 2.24) is 9.47 Å². The summed E-state index contributed by atoms with van der Waals surface area (Å²) in [5.74, 6) is 5.16. The second-order valence-electron chi connectivity index (χ2n) is 24.7. The topological polar surface area (TPSA) is 26.6 Å². The van der Waals surface area contributed by atoms with E-state index >= 15 is 0 Å². The first-order valence-corrected chi connectivity index (χ1v) is 34.3. The van der Waals surface area contributed by atoms with Gasteiger partial charge in [0.15, 0.2) is 0 Å². The first-order chi connectivity index (χ1) is 37.4. The van der Waals surface area contributed by atoms with Gasteiger partial charge >= 0.3 is 0 Å². The quantitative estimate of drug-likeness (QED) is 0.0369. The summed E-state index contributed by atoms with van der Waals surface area (Å²) in [6, 6.07) is 2.35. The number of hydrogen-bond donors (Lipinski definition) is 0. The van der Waals surface area contributed by atoms with E-state index in [1.165, 1.54) is 300 Å². The zero-order valence-corrected chi connectivity index (χ0v) is 52.4. The molecule has 0 N–H and O–H groups in total. The van der Waals surface area contributed by atoms with Gasteiger partial charge in [0.25, 0.3) is 0 Å². The molecule has 3 unspecified atom stereocenters. The van der Waals surface area contributed by atoms with Crippen LogP contribution in [0.5, 0.6) is 0 Å². The maximum atomic E-state index is 6.55. The van der Waals surface area contributed by atoms with Crippen LogP contribution in [-0.4, -0.2) is 42.3 Å². The van der Waals surface area contributed by atoms with Crippen molar-refractivity contribution in [2.45, 2.75) is 343 Å². The minimum Gasteiger partial charge on any atom is -0.490 e. The number of hydrogen-bond acceptors (Lipinski definition) is 3. The minimum atomic E-state index is 0.677. The van der Waals surface area contributed by atoms with Crippen molar-refractivity contribution < 1.29 is 9.47 Å². The molecule has 1 fully saturated rings. The summed E-state index contributed by atoms with van der Waals surface area (Å²) < 4.78 is 15.6. The normalized spacial score (nSPS) is 13.7. The fourth-order valence-corrected chi connectivity index (χ4v) is 12.2. The number of ether oxygens (including phenoxy) is 2. The van der Waals surface area contributed by atoms with Crippen molar-refractivity contribution in [1.29, 1.82) is 0 Å². The van der Waals surface area contributed by atoms with E-state index in [1.54, 1.807) is 0 Å². The molecule has 0 saturated heterocycles. The first-order valence-electron chi connectivity index (χ1n) is 34.3. The van der Waals surface area contributed by atoms with E-state index in [0.29, 0.717) is 11.8 Å². The van der Waals surface area contributed by atoms with E-state index in [1.807, 2.05) is 0 Å². The van der Waals surface area contributed by atoms with Gasteiger partial charge in [0.2, 0.25) is 0 Å². The molecule has 1 saturated carbocycles. The van der Waals surface area contributed by atoms with Crippen molar-refractivity contribution in [2.24, 2.45) is 23.7 Å². The lowest BCUT2D eigenvalue weighted by molar-refractivity contribution is 0.143. The van der Waals surface area contributed by atoms with Crippen LogP contribution in [0.1, 0.15) is 335 Å². The average molecular weight is 1060 g/mol. The van der Waals surface area contributed by atoms with Gasteiger partial charge in [-0.25, -0.2) is 0 Å². The summed E-state index contributed by atoms with van der Waals surface area (Å²) in [4.78, 5) is 2.87. The lowest BCUT2D eigenvalue weighted by Crippen LogP contribution is -2.34. The Hall–Kier alpha value is -2.12. The number of allylic oxidation sites excluding steroid dienone is 2. The fourth-order valence-electron chi connectivity index (χ4n) is 12.2. The van der Waals surface area contributed by atoms with Gasteiger partial charge in [-0.15, -0.1) is 0 Å². The summed E-state index contributed by atoms with van der Waals surface area (Å²) >= 11 is 0. The molecular weight excluding hydrogens is 925 g/mol. The molecule has 1 aliphatic carbocycles. The van der Waals surface area contributed by atoms with Crippen molar-refractivity contribution in [3.05, 3.63) is 59.7 Å². The van der Waals surface area contributed by atoms with Gasteiger partial charge in [0.05, 0.1) is 13.2 Å². The average Bonchev–Trinajstić information content (AvgIpc) is 4.22. The summed E-state index contributed by atoms with van der Waals surface area (Å²) in [6.45, 7) is 28.6. The molecule has 2 rings (SSSR count). The van der Waals surface area contributed by atoms with Crippen LogP contribution in [0.25, 0.3) is 0 Å². The van der Waals surface area contributed by atoms with Gasteiger partial charge < -0.3 is 18.9 Å². The monoisotopic (exact) mass is 1060 g/mol. The molecule has 0 amide bonds. The third kappa shape index (κ3) is 38.5. The van der Waals surface area contributed by atoms with Gasteiger partial charge in [0, 0.05) is 44.4 Å². The molecule has 442 valence electrons. The highest BCUT2D eigenvalue weighted by Crippen LogP contribution is 2.40. The molecule has 3 atom stereocenters. The molecule has 1 aromatic rings. The molecule has 4 heteroatoms. The number of rotatable bonds is 59. The van der Waals surface area contributed by atoms with Crippen LogP contribution in [0.2, 0.25) is 0 Å². The van der Waals surface area contributed by atoms with Gasteiger partial charge in [-0.2, -0.15) is 0 Å². The van der Waals surface area contributed by atoms with E-state index < -0.39 is 0 Å². The molecule has 0 bridgehead atoms. The van der Waals surface area contributed by atoms with Crippen LogP contribution in [-0.2, 0) is 22.4 Å². The Morgan fingerprint density at radius 1 is 0.500 bits per heavy atom. The Labute approximate surface area is 476 Å². The van der Waals surface area contributed by atoms with Crippen molar-refractivity contribution >= 4 is 0 Å². The van der Waals surface area contributed by atoms with Gasteiger partial charge in [-0.1, -0.05) is 271 Å². The Morgan fingerprint density at radius 3 is 1.25 bits per heavy atom. The van der Waals surface area contributed by atoms with Crippen LogP contribution in [0.3, 0.4) is 0 Å². The number of nitrogens with zero attached hydrogens (tertiary/aromatic N) is 2. The lowest BCUT2D eigenvalue weighted by Gasteiger charge is -2.28. The number of aryl methyl sites for hydroxylation is 1. The van der Waals surface area contributed by atoms with Gasteiger partial charge in [-0.05, 0) is 119 Å². The lowest BCUT2D eigenvalue weighted by atomic mass is 9.94. The van der Waals surface area contributed by atoms with Crippen molar-refractivity contribution in [3.63, 3.8) is 0 Å². The number of aromatic nitrogens is 1. The Morgan fingerprint density at radius 2 is 0.868 bits per heavy atom. The molecule has 0 radical (unpaired) electrons. The molecule has 76 heavy (non-hydrogen) atoms. The standard InChI is InChI=1S/C72H132N2O2/c1-9-16-20-24-28-30-35-42-50-66(48-40-33-26-22-18-11-3)63-75-71(14-6)53-45-37-32-38-47-58-73(60-61-74-59-57-68(13-5)65(74)8)62-70(69-55-56-69)52-44-39-46-54-72(15-7)76-64-67(49-41-34-27-23-19-12-4)51-43-36-31-29-25-21-17-10-2/h57,59,66-67,69-70H,6-7,9-13,16-56,58,60-64H2,1-5,8H3. The largest absolute Gasteiger partial charge is 0.490 e. The Kier molecular flexibility index (Phi) is 47.0. The summed E-state index contributed by atoms with van der Waals surface area (Å²) in [5.41, 5.74) is 9.42. The van der Waals surface area contributed by atoms with Crippen LogP contribution in [0, 0.1) is 30.6 Å². The molecule has 0 spiro atoms. The van der Waals surface area contributed by atoms with Crippen LogP contribution in [0.15, 0.2) is 48.4 Å². The van der Waals surface area contributed by atoms with Gasteiger partial charge in [-0.3, -0.25) is 0 Å². The first kappa shape index (κ1) is 70.0. The van der Waals surface area contributed by atoms with Crippen LogP contribution < -0.4 is 0 Å². The predicted octanol–water partition coefficient (Wildman–Crippen LogP) is 23.1. The molecule has 1 heterocycles.